The van der Waals surface area contributed by atoms with Crippen molar-refractivity contribution in [2.45, 2.75) is 31.7 Å². The van der Waals surface area contributed by atoms with Crippen LogP contribution in [-0.4, -0.2) is 69.0 Å². The Hall–Kier alpha value is -4.10. The number of hydrogen-bond acceptors (Lipinski definition) is 7. The lowest BCUT2D eigenvalue weighted by Crippen LogP contribution is -2.50. The molecule has 0 spiro atoms. The number of amides is 2. The van der Waals surface area contributed by atoms with Crippen LogP contribution in [0.3, 0.4) is 0 Å². The number of carbonyl (C=O) groups is 3. The lowest BCUT2D eigenvalue weighted by atomic mass is 9.89. The average Bonchev–Trinajstić information content (AvgIpc) is 3.38. The van der Waals surface area contributed by atoms with Crippen LogP contribution in [0.4, 0.5) is 4.39 Å². The first-order valence-electron chi connectivity index (χ1n) is 11.2. The number of rotatable bonds is 12. The standard InChI is InChI=1S/C23H26BFN6O5/c1-24(36)26-13-21(32)29-19(23(34)35)11-16(28-22(33)20-12-27-31-30-20)10-14-6-8-15(9-7-14)17-4-2-3-5-18(17)25/h2-9,12,16,19,26,36H,10-11,13H2,1H3,(H,28,33)(H,29,32)(H,34,35)(H,27,30,31)/t16-,19-/m1/s1. The zero-order chi connectivity index (χ0) is 26.1. The number of hydrogen-bond donors (Lipinski definition) is 6. The molecule has 0 aliphatic heterocycles. The molecule has 36 heavy (non-hydrogen) atoms. The zero-order valence-electron chi connectivity index (χ0n) is 19.4. The number of carboxylic acids is 1. The number of aromatic amines is 1. The predicted molar refractivity (Wildman–Crippen MR) is 129 cm³/mol. The number of H-pyrrole nitrogens is 1. The predicted octanol–water partition coefficient (Wildman–Crippen LogP) is 0.611. The fraction of sp³-hybridized carbons (Fsp3) is 0.261. The van der Waals surface area contributed by atoms with Crippen LogP contribution in [0, 0.1) is 5.82 Å². The van der Waals surface area contributed by atoms with E-state index in [4.69, 9.17) is 0 Å². The first-order valence-corrected chi connectivity index (χ1v) is 11.2. The number of carbonyl (C=O) groups excluding carboxylic acids is 2. The normalized spacial score (nSPS) is 12.4. The smallest absolute Gasteiger partial charge is 0.374 e. The van der Waals surface area contributed by atoms with Crippen molar-refractivity contribution in [1.29, 1.82) is 0 Å². The highest BCUT2D eigenvalue weighted by Crippen LogP contribution is 2.23. The second kappa shape index (κ2) is 12.6. The summed E-state index contributed by atoms with van der Waals surface area (Å²) in [6, 6.07) is 11.4. The lowest BCUT2D eigenvalue weighted by Gasteiger charge is -2.23. The minimum Gasteiger partial charge on any atom is -0.480 e. The molecular weight excluding hydrogens is 470 g/mol. The monoisotopic (exact) mass is 496 g/mol. The summed E-state index contributed by atoms with van der Waals surface area (Å²) in [6.45, 7) is 1.14. The van der Waals surface area contributed by atoms with Crippen molar-refractivity contribution >= 4 is 24.8 Å². The number of benzene rings is 2. The van der Waals surface area contributed by atoms with E-state index in [2.05, 4.69) is 31.3 Å². The van der Waals surface area contributed by atoms with Crippen molar-refractivity contribution in [2.24, 2.45) is 0 Å². The second-order valence-electron chi connectivity index (χ2n) is 8.16. The summed E-state index contributed by atoms with van der Waals surface area (Å²) in [6.07, 6.45) is 1.33. The molecule has 3 rings (SSSR count). The molecule has 2 aromatic carbocycles. The van der Waals surface area contributed by atoms with Gasteiger partial charge in [-0.15, -0.1) is 0 Å². The molecule has 1 heterocycles. The van der Waals surface area contributed by atoms with Gasteiger partial charge in [-0.1, -0.05) is 42.5 Å². The fourth-order valence-electron chi connectivity index (χ4n) is 3.56. The van der Waals surface area contributed by atoms with Gasteiger partial charge < -0.3 is 26.0 Å². The Bertz CT molecular complexity index is 1180. The molecule has 0 fully saturated rings. The molecule has 0 unspecified atom stereocenters. The van der Waals surface area contributed by atoms with E-state index in [9.17, 15) is 28.9 Å². The molecule has 0 radical (unpaired) electrons. The maximum atomic E-state index is 14.1. The first kappa shape index (κ1) is 26.5. The molecule has 6 N–H and O–H groups in total. The topological polar surface area (TPSA) is 169 Å². The maximum absolute atomic E-state index is 14.1. The van der Waals surface area contributed by atoms with Crippen molar-refractivity contribution in [2.75, 3.05) is 6.54 Å². The quantitative estimate of drug-likeness (QED) is 0.198. The maximum Gasteiger partial charge on any atom is 0.374 e. The number of nitrogens with one attached hydrogen (secondary N) is 4. The highest BCUT2D eigenvalue weighted by molar-refractivity contribution is 6.45. The van der Waals surface area contributed by atoms with Crippen molar-refractivity contribution < 1.29 is 28.9 Å². The molecule has 0 bridgehead atoms. The molecule has 0 aliphatic rings. The van der Waals surface area contributed by atoms with Crippen LogP contribution in [0.25, 0.3) is 11.1 Å². The molecule has 0 saturated heterocycles. The van der Waals surface area contributed by atoms with Crippen LogP contribution in [0.5, 0.6) is 0 Å². The van der Waals surface area contributed by atoms with E-state index >= 15 is 0 Å². The molecule has 0 saturated carbocycles. The number of aliphatic carboxylic acids is 1. The van der Waals surface area contributed by atoms with Gasteiger partial charge >= 0.3 is 13.0 Å². The molecule has 13 heteroatoms. The minimum atomic E-state index is -1.31. The number of aromatic nitrogens is 3. The summed E-state index contributed by atoms with van der Waals surface area (Å²) >= 11 is 0. The van der Waals surface area contributed by atoms with Gasteiger partial charge in [0.1, 0.15) is 11.9 Å². The van der Waals surface area contributed by atoms with E-state index in [1.807, 2.05) is 0 Å². The summed E-state index contributed by atoms with van der Waals surface area (Å²) in [5.74, 6) is -2.83. The molecular formula is C23H26BFN6O5. The molecule has 11 nitrogen and oxygen atoms in total. The number of halogens is 1. The van der Waals surface area contributed by atoms with Gasteiger partial charge in [0.05, 0.1) is 12.7 Å². The van der Waals surface area contributed by atoms with Gasteiger partial charge in [-0.3, -0.25) is 9.59 Å². The molecule has 3 aromatic rings. The van der Waals surface area contributed by atoms with Crippen LogP contribution in [-0.2, 0) is 16.0 Å². The van der Waals surface area contributed by atoms with E-state index < -0.39 is 36.9 Å². The Morgan fingerprint density at radius 3 is 2.44 bits per heavy atom. The van der Waals surface area contributed by atoms with E-state index in [-0.39, 0.29) is 30.9 Å². The van der Waals surface area contributed by atoms with Crippen molar-refractivity contribution in [1.82, 2.24) is 31.3 Å². The third kappa shape index (κ3) is 7.72. The summed E-state index contributed by atoms with van der Waals surface area (Å²) < 4.78 is 14.1. The Morgan fingerprint density at radius 2 is 1.83 bits per heavy atom. The molecule has 188 valence electrons. The van der Waals surface area contributed by atoms with E-state index in [1.165, 1.54) is 19.1 Å². The van der Waals surface area contributed by atoms with Crippen molar-refractivity contribution in [3.63, 3.8) is 0 Å². The van der Waals surface area contributed by atoms with Gasteiger partial charge in [0.25, 0.3) is 5.91 Å². The fourth-order valence-corrected chi connectivity index (χ4v) is 3.56. The highest BCUT2D eigenvalue weighted by atomic mass is 19.1. The minimum absolute atomic E-state index is 0.0203. The second-order valence-corrected chi connectivity index (χ2v) is 8.16. The number of nitrogens with zero attached hydrogens (tertiary/aromatic N) is 2. The first-order chi connectivity index (χ1) is 17.2. The van der Waals surface area contributed by atoms with Gasteiger partial charge in [0.2, 0.25) is 5.91 Å². The van der Waals surface area contributed by atoms with Crippen molar-refractivity contribution in [3.05, 3.63) is 71.8 Å². The van der Waals surface area contributed by atoms with E-state index in [0.29, 0.717) is 11.1 Å². The molecule has 0 aliphatic carbocycles. The summed E-state index contributed by atoms with van der Waals surface area (Å²) in [5.41, 5.74) is 1.89. The Morgan fingerprint density at radius 1 is 1.11 bits per heavy atom. The van der Waals surface area contributed by atoms with E-state index in [1.54, 1.807) is 42.5 Å². The van der Waals surface area contributed by atoms with Crippen LogP contribution >= 0.6 is 0 Å². The summed E-state index contributed by atoms with van der Waals surface area (Å²) in [5, 5.41) is 36.2. The van der Waals surface area contributed by atoms with Gasteiger partial charge in [-0.05, 0) is 36.9 Å². The molecule has 2 amide bonds. The third-order valence-electron chi connectivity index (χ3n) is 5.32. The lowest BCUT2D eigenvalue weighted by molar-refractivity contribution is -0.142. The van der Waals surface area contributed by atoms with Crippen LogP contribution < -0.4 is 15.9 Å². The summed E-state index contributed by atoms with van der Waals surface area (Å²) in [7, 11) is -0.944. The Balaban J connectivity index is 1.76. The van der Waals surface area contributed by atoms with Gasteiger partial charge in [0.15, 0.2) is 5.69 Å². The summed E-state index contributed by atoms with van der Waals surface area (Å²) in [4.78, 5) is 36.6. The van der Waals surface area contributed by atoms with Crippen LogP contribution in [0.2, 0.25) is 6.82 Å². The van der Waals surface area contributed by atoms with E-state index in [0.717, 1.165) is 5.56 Å². The van der Waals surface area contributed by atoms with Gasteiger partial charge in [-0.25, -0.2) is 9.18 Å². The Labute approximate surface area is 206 Å². The molecule has 2 atom stereocenters. The van der Waals surface area contributed by atoms with Crippen LogP contribution in [0.1, 0.15) is 22.5 Å². The number of carboxylic acid groups (broad SMARTS) is 1. The van der Waals surface area contributed by atoms with Crippen LogP contribution in [0.15, 0.2) is 54.7 Å². The third-order valence-corrected chi connectivity index (χ3v) is 5.32. The Kier molecular flexibility index (Phi) is 9.25. The molecule has 1 aromatic heterocycles. The van der Waals surface area contributed by atoms with Gasteiger partial charge in [-0.2, -0.15) is 15.4 Å². The van der Waals surface area contributed by atoms with Crippen molar-refractivity contribution in [3.8, 4) is 11.1 Å². The highest BCUT2D eigenvalue weighted by Gasteiger charge is 2.26. The zero-order valence-corrected chi connectivity index (χ0v) is 19.4. The SMILES string of the molecule is CB(O)NCC(=O)N[C@H](C[C@@H](Cc1ccc(-c2ccccc2F)cc1)NC(=O)c1cn[nH]n1)C(=O)O. The average molecular weight is 496 g/mol. The van der Waals surface area contributed by atoms with Gasteiger partial charge in [0, 0.05) is 11.6 Å². The largest absolute Gasteiger partial charge is 0.480 e.